The van der Waals surface area contributed by atoms with Gasteiger partial charge in [-0.25, -0.2) is 14.5 Å². The molecule has 3 heterocycles. The molecule has 0 aliphatic carbocycles. The third-order valence-electron chi connectivity index (χ3n) is 13.6. The Morgan fingerprint density at radius 1 is 0.347 bits per heavy atom. The molecule has 0 aliphatic rings. The van der Waals surface area contributed by atoms with Gasteiger partial charge < -0.3 is 9.13 Å². The van der Waals surface area contributed by atoms with Gasteiger partial charge in [-0.1, -0.05) is 140 Å². The molecule has 3 aromatic heterocycles. The maximum absolute atomic E-state index is 11.6. The molecule has 0 spiro atoms. The van der Waals surface area contributed by atoms with Crippen LogP contribution in [0.25, 0.3) is 125 Å². The molecule has 0 aliphatic heterocycles. The van der Waals surface area contributed by atoms with Crippen molar-refractivity contribution in [3.63, 3.8) is 0 Å². The molecule has 8 nitrogen and oxygen atoms in total. The zero-order chi connectivity index (χ0) is 48.9. The normalized spacial score (nSPS) is 11.0. The summed E-state index contributed by atoms with van der Waals surface area (Å²) in [5, 5.41) is 25.6. The summed E-state index contributed by atoms with van der Waals surface area (Å²) in [6, 6.07) is 68.4. The Hall–Kier alpha value is -10.8. The molecule has 8 heteroatoms. The van der Waals surface area contributed by atoms with Crippen LogP contribution in [0.4, 0.5) is 17.1 Å². The molecule has 0 N–H and O–H groups in total. The van der Waals surface area contributed by atoms with E-state index >= 15 is 0 Å². The van der Waals surface area contributed by atoms with E-state index in [-0.39, 0.29) is 0 Å². The Bertz CT molecular complexity index is 4230. The second kappa shape index (κ2) is 17.4. The largest absolute Gasteiger partial charge is 0.309 e. The predicted octanol–water partition coefficient (Wildman–Crippen LogP) is 17.0. The fourth-order valence-electron chi connectivity index (χ4n) is 10.3. The van der Waals surface area contributed by atoms with Crippen molar-refractivity contribution in [1.82, 2.24) is 14.1 Å². The number of nitrogens with zero attached hydrogens (tertiary/aromatic N) is 8. The summed E-state index contributed by atoms with van der Waals surface area (Å²) in [4.78, 5) is 16.0. The highest BCUT2D eigenvalue weighted by atomic mass is 15.0. The van der Waals surface area contributed by atoms with E-state index in [9.17, 15) is 10.5 Å². The fraction of sp³-hybridized carbons (Fsp3) is 0. The number of pyridine rings is 1. The van der Waals surface area contributed by atoms with Crippen LogP contribution in [-0.2, 0) is 0 Å². The minimum absolute atomic E-state index is 0.399. The first-order valence-corrected chi connectivity index (χ1v) is 23.1. The fourth-order valence-corrected chi connectivity index (χ4v) is 10.3. The van der Waals surface area contributed by atoms with Crippen molar-refractivity contribution in [2.45, 2.75) is 0 Å². The van der Waals surface area contributed by atoms with E-state index in [2.05, 4.69) is 108 Å². The smallest absolute Gasteiger partial charge is 0.194 e. The number of hydrogen-bond donors (Lipinski definition) is 0. The molecule has 0 bridgehead atoms. The van der Waals surface area contributed by atoms with Gasteiger partial charge in [0.2, 0.25) is 0 Å². The van der Waals surface area contributed by atoms with Crippen molar-refractivity contribution in [2.75, 3.05) is 0 Å². The lowest BCUT2D eigenvalue weighted by atomic mass is 9.98. The zero-order valence-electron chi connectivity index (χ0n) is 38.2. The number of nitriles is 2. The van der Waals surface area contributed by atoms with Crippen molar-refractivity contribution in [3.8, 4) is 79.1 Å². The Morgan fingerprint density at radius 2 is 0.722 bits per heavy atom. The standard InChI is InChI=1S/C64H34N8/c1-67-56-17-9-6-14-48(56)42-21-25-52-51-24-20-41(47-13-5-4-12-45(47)38-65)32-60(51)71(61(52)33-42)59-37-55(40-28-30-70-31-29-40)64(36-46(59)39-66)72-62-34-43(49-15-7-10-18-57(49)68-2)22-26-53(62)54-27-23-44(35-63(54)72)50-16-8-11-19-58(50)69-3/h4-37H. The molecular formula is C64H34N8. The average Bonchev–Trinajstić information content (AvgIpc) is 3.95. The molecule has 0 fully saturated rings. The maximum Gasteiger partial charge on any atom is 0.194 e. The van der Waals surface area contributed by atoms with Crippen LogP contribution in [0.15, 0.2) is 207 Å². The molecule has 9 aromatic carbocycles. The van der Waals surface area contributed by atoms with Gasteiger partial charge in [-0.15, -0.1) is 0 Å². The minimum Gasteiger partial charge on any atom is -0.309 e. The third kappa shape index (κ3) is 6.84. The van der Waals surface area contributed by atoms with Crippen LogP contribution in [0, 0.1) is 42.4 Å². The number of rotatable bonds is 7. The van der Waals surface area contributed by atoms with Gasteiger partial charge in [0.05, 0.1) is 70.4 Å². The van der Waals surface area contributed by atoms with Gasteiger partial charge in [-0.05, 0) is 105 Å². The molecular weight excluding hydrogens is 881 g/mol. The van der Waals surface area contributed by atoms with Crippen LogP contribution >= 0.6 is 0 Å². The highest BCUT2D eigenvalue weighted by Gasteiger charge is 2.24. The van der Waals surface area contributed by atoms with E-state index in [1.807, 2.05) is 127 Å². The Labute approximate surface area is 414 Å². The Morgan fingerprint density at radius 3 is 1.14 bits per heavy atom. The van der Waals surface area contributed by atoms with Gasteiger partial charge in [0.15, 0.2) is 17.1 Å². The first-order valence-electron chi connectivity index (χ1n) is 23.1. The highest BCUT2D eigenvalue weighted by Crippen LogP contribution is 2.45. The van der Waals surface area contributed by atoms with Crippen LogP contribution in [0.2, 0.25) is 0 Å². The van der Waals surface area contributed by atoms with Crippen molar-refractivity contribution < 1.29 is 0 Å². The summed E-state index contributed by atoms with van der Waals surface area (Å²) in [7, 11) is 0. The molecule has 12 aromatic rings. The second-order valence-corrected chi connectivity index (χ2v) is 17.4. The SMILES string of the molecule is [C-]#[N+]c1ccccc1-c1ccc2c3ccc(-c4ccccc4C#N)cc3n(-c3cc(-c4ccncc4)c(-n4c5cc(-c6ccccc6[N+]#[C-])ccc5c5ccc(-c6ccccc6[N+]#[C-])cc54)cc3C#N)c2c1. The first kappa shape index (κ1) is 42.5. The van der Waals surface area contributed by atoms with Gasteiger partial charge in [-0.3, -0.25) is 4.98 Å². The third-order valence-corrected chi connectivity index (χ3v) is 13.6. The lowest BCUT2D eigenvalue weighted by Gasteiger charge is -2.19. The number of aromatic nitrogens is 3. The Balaban J connectivity index is 1.21. The summed E-state index contributed by atoms with van der Waals surface area (Å²) in [6.45, 7) is 24.1. The summed E-state index contributed by atoms with van der Waals surface area (Å²) in [5.41, 5.74) is 15.7. The van der Waals surface area contributed by atoms with Gasteiger partial charge in [0.25, 0.3) is 0 Å². The quantitative estimate of drug-likeness (QED) is 0.149. The van der Waals surface area contributed by atoms with Crippen molar-refractivity contribution in [3.05, 3.63) is 252 Å². The number of benzene rings is 9. The molecule has 12 rings (SSSR count). The van der Waals surface area contributed by atoms with E-state index in [1.54, 1.807) is 12.4 Å². The van der Waals surface area contributed by atoms with Crippen LogP contribution in [0.5, 0.6) is 0 Å². The predicted molar refractivity (Wildman–Crippen MR) is 288 cm³/mol. The van der Waals surface area contributed by atoms with Crippen LogP contribution in [-0.4, -0.2) is 14.1 Å². The van der Waals surface area contributed by atoms with Gasteiger partial charge in [-0.2, -0.15) is 10.5 Å². The lowest BCUT2D eigenvalue weighted by Crippen LogP contribution is -2.04. The summed E-state index contributed by atoms with van der Waals surface area (Å²) in [6.07, 6.45) is 3.53. The van der Waals surface area contributed by atoms with E-state index < -0.39 is 0 Å². The molecule has 0 saturated carbocycles. The van der Waals surface area contributed by atoms with Crippen LogP contribution in [0.1, 0.15) is 11.1 Å². The van der Waals surface area contributed by atoms with Gasteiger partial charge >= 0.3 is 0 Å². The summed E-state index contributed by atoms with van der Waals surface area (Å²) >= 11 is 0. The number of hydrogen-bond acceptors (Lipinski definition) is 3. The van der Waals surface area contributed by atoms with Gasteiger partial charge in [0.1, 0.15) is 6.07 Å². The van der Waals surface area contributed by atoms with Gasteiger partial charge in [0, 0.05) is 39.5 Å². The number of fused-ring (bicyclic) bond motifs is 6. The van der Waals surface area contributed by atoms with Crippen LogP contribution in [0.3, 0.4) is 0 Å². The average molecular weight is 915 g/mol. The first-order chi connectivity index (χ1) is 35.5. The van der Waals surface area contributed by atoms with E-state index in [1.165, 1.54) is 0 Å². The van der Waals surface area contributed by atoms with Crippen molar-refractivity contribution in [1.29, 1.82) is 10.5 Å². The monoisotopic (exact) mass is 914 g/mol. The maximum atomic E-state index is 11.6. The summed E-state index contributed by atoms with van der Waals surface area (Å²) < 4.78 is 4.35. The molecule has 0 unspecified atom stereocenters. The van der Waals surface area contributed by atoms with Crippen molar-refractivity contribution in [2.24, 2.45) is 0 Å². The van der Waals surface area contributed by atoms with Crippen molar-refractivity contribution >= 4 is 60.7 Å². The Kier molecular flexibility index (Phi) is 10.3. The molecule has 0 radical (unpaired) electrons. The molecule has 72 heavy (non-hydrogen) atoms. The molecule has 0 amide bonds. The summed E-state index contributed by atoms with van der Waals surface area (Å²) in [5.74, 6) is 0. The van der Waals surface area contributed by atoms with E-state index in [0.29, 0.717) is 33.9 Å². The molecule has 330 valence electrons. The molecule has 0 saturated heterocycles. The van der Waals surface area contributed by atoms with E-state index in [0.717, 1.165) is 105 Å². The minimum atomic E-state index is 0.399. The van der Waals surface area contributed by atoms with E-state index in [4.69, 9.17) is 19.7 Å². The second-order valence-electron chi connectivity index (χ2n) is 17.4. The molecule has 0 atom stereocenters. The zero-order valence-corrected chi connectivity index (χ0v) is 38.2. The topological polar surface area (TPSA) is 83.4 Å². The number of para-hydroxylation sites is 3. The lowest BCUT2D eigenvalue weighted by molar-refractivity contribution is 1.13. The van der Waals surface area contributed by atoms with Crippen LogP contribution < -0.4 is 0 Å². The highest BCUT2D eigenvalue weighted by molar-refractivity contribution is 6.14.